The van der Waals surface area contributed by atoms with Crippen molar-refractivity contribution in [3.63, 3.8) is 0 Å². The SMILES string of the molecule is CCCNC(=O)C(CC)N(Cc1ccc(C)cc1)C(=O)CN(c1ccccc1Cl)S(=O)(=O)c1ccc(C)cc1. The van der Waals surface area contributed by atoms with Crippen molar-refractivity contribution in [3.05, 3.63) is 94.5 Å². The highest BCUT2D eigenvalue weighted by Gasteiger charge is 2.34. The van der Waals surface area contributed by atoms with E-state index in [9.17, 15) is 18.0 Å². The van der Waals surface area contributed by atoms with Crippen molar-refractivity contribution >= 4 is 39.1 Å². The van der Waals surface area contributed by atoms with Gasteiger partial charge in [-0.3, -0.25) is 13.9 Å². The first-order chi connectivity index (χ1) is 18.6. The van der Waals surface area contributed by atoms with Gasteiger partial charge in [0.25, 0.3) is 10.0 Å². The van der Waals surface area contributed by atoms with Gasteiger partial charge in [-0.1, -0.05) is 85.1 Å². The molecular weight excluding hydrogens is 534 g/mol. The Bertz CT molecular complexity index is 1380. The number of hydrogen-bond acceptors (Lipinski definition) is 4. The standard InChI is InChI=1S/C30H36ClN3O4S/c1-5-19-32-30(36)27(6-2)33(20-24-15-11-22(3)12-16-24)29(35)21-34(28-10-8-7-9-26(28)31)39(37,38)25-17-13-23(4)14-18-25/h7-18,27H,5-6,19-21H2,1-4H3,(H,32,36). The molecule has 0 fully saturated rings. The summed E-state index contributed by atoms with van der Waals surface area (Å²) in [6.45, 7) is 7.73. The van der Waals surface area contributed by atoms with Gasteiger partial charge < -0.3 is 10.2 Å². The summed E-state index contributed by atoms with van der Waals surface area (Å²) in [5, 5.41) is 3.08. The zero-order valence-electron chi connectivity index (χ0n) is 22.9. The molecule has 3 aromatic carbocycles. The number of carbonyl (C=O) groups is 2. The Labute approximate surface area is 236 Å². The third-order valence-electron chi connectivity index (χ3n) is 6.42. The number of carbonyl (C=O) groups excluding carboxylic acids is 2. The van der Waals surface area contributed by atoms with Crippen LogP contribution in [0.4, 0.5) is 5.69 Å². The summed E-state index contributed by atoms with van der Waals surface area (Å²) >= 11 is 6.45. The van der Waals surface area contributed by atoms with Crippen molar-refractivity contribution in [2.45, 2.75) is 58.0 Å². The molecule has 0 spiro atoms. The van der Waals surface area contributed by atoms with E-state index in [1.54, 1.807) is 36.4 Å². The Hall–Kier alpha value is -3.36. The smallest absolute Gasteiger partial charge is 0.264 e. The summed E-state index contributed by atoms with van der Waals surface area (Å²) < 4.78 is 28.8. The molecule has 0 heterocycles. The van der Waals surface area contributed by atoms with Gasteiger partial charge in [-0.05, 0) is 56.5 Å². The molecule has 3 aromatic rings. The molecule has 39 heavy (non-hydrogen) atoms. The number of amides is 2. The molecule has 0 aromatic heterocycles. The summed E-state index contributed by atoms with van der Waals surface area (Å²) in [5.41, 5.74) is 2.99. The van der Waals surface area contributed by atoms with Crippen LogP contribution in [0.15, 0.2) is 77.7 Å². The minimum atomic E-state index is -4.17. The van der Waals surface area contributed by atoms with Gasteiger partial charge in [0.15, 0.2) is 0 Å². The zero-order chi connectivity index (χ0) is 28.6. The first kappa shape index (κ1) is 30.2. The van der Waals surface area contributed by atoms with Crippen molar-refractivity contribution in [1.29, 1.82) is 0 Å². The Kier molecular flexibility index (Phi) is 10.5. The molecule has 0 saturated carbocycles. The molecule has 3 rings (SSSR count). The number of halogens is 1. The van der Waals surface area contributed by atoms with E-state index < -0.39 is 28.5 Å². The molecule has 0 aliphatic carbocycles. The second-order valence-electron chi connectivity index (χ2n) is 9.50. The number of anilines is 1. The maximum Gasteiger partial charge on any atom is 0.264 e. The molecular formula is C30H36ClN3O4S. The van der Waals surface area contributed by atoms with Crippen LogP contribution in [-0.2, 0) is 26.2 Å². The van der Waals surface area contributed by atoms with Gasteiger partial charge in [0.05, 0.1) is 15.6 Å². The van der Waals surface area contributed by atoms with Crippen LogP contribution in [0.25, 0.3) is 0 Å². The topological polar surface area (TPSA) is 86.8 Å². The van der Waals surface area contributed by atoms with Crippen LogP contribution in [0.3, 0.4) is 0 Å². The Morgan fingerprint density at radius 1 is 0.897 bits per heavy atom. The maximum absolute atomic E-state index is 14.0. The fraction of sp³-hybridized carbons (Fsp3) is 0.333. The molecule has 1 unspecified atom stereocenters. The van der Waals surface area contributed by atoms with Crippen molar-refractivity contribution in [3.8, 4) is 0 Å². The summed E-state index contributed by atoms with van der Waals surface area (Å²) in [4.78, 5) is 28.6. The number of hydrogen-bond donors (Lipinski definition) is 1. The van der Waals surface area contributed by atoms with Gasteiger partial charge >= 0.3 is 0 Å². The number of aryl methyl sites for hydroxylation is 2. The minimum Gasteiger partial charge on any atom is -0.354 e. The highest BCUT2D eigenvalue weighted by Crippen LogP contribution is 2.31. The van der Waals surface area contributed by atoms with E-state index in [4.69, 9.17) is 11.6 Å². The Morgan fingerprint density at radius 3 is 2.05 bits per heavy atom. The number of nitrogens with zero attached hydrogens (tertiary/aromatic N) is 2. The van der Waals surface area contributed by atoms with Crippen LogP contribution in [0.1, 0.15) is 43.4 Å². The van der Waals surface area contributed by atoms with E-state index in [0.29, 0.717) is 13.0 Å². The van der Waals surface area contributed by atoms with Gasteiger partial charge in [-0.15, -0.1) is 0 Å². The van der Waals surface area contributed by atoms with E-state index in [1.807, 2.05) is 52.0 Å². The number of rotatable bonds is 12. The predicted molar refractivity (Wildman–Crippen MR) is 156 cm³/mol. The monoisotopic (exact) mass is 569 g/mol. The largest absolute Gasteiger partial charge is 0.354 e. The summed E-state index contributed by atoms with van der Waals surface area (Å²) in [5.74, 6) is -0.782. The highest BCUT2D eigenvalue weighted by atomic mass is 35.5. The van der Waals surface area contributed by atoms with Gasteiger partial charge in [0.1, 0.15) is 12.6 Å². The van der Waals surface area contributed by atoms with Crippen LogP contribution in [-0.4, -0.2) is 44.3 Å². The molecule has 0 aliphatic rings. The number of para-hydroxylation sites is 1. The third kappa shape index (κ3) is 7.61. The first-order valence-electron chi connectivity index (χ1n) is 13.0. The van der Waals surface area contributed by atoms with Crippen LogP contribution in [0.5, 0.6) is 0 Å². The van der Waals surface area contributed by atoms with E-state index >= 15 is 0 Å². The molecule has 2 amide bonds. The molecule has 208 valence electrons. The van der Waals surface area contributed by atoms with Gasteiger partial charge in [0.2, 0.25) is 11.8 Å². The lowest BCUT2D eigenvalue weighted by Crippen LogP contribution is -2.52. The molecule has 7 nitrogen and oxygen atoms in total. The van der Waals surface area contributed by atoms with Crippen LogP contribution >= 0.6 is 11.6 Å². The third-order valence-corrected chi connectivity index (χ3v) is 8.51. The van der Waals surface area contributed by atoms with Crippen LogP contribution in [0.2, 0.25) is 5.02 Å². The average Bonchev–Trinajstić information content (AvgIpc) is 2.92. The zero-order valence-corrected chi connectivity index (χ0v) is 24.4. The number of sulfonamides is 1. The maximum atomic E-state index is 14.0. The van der Waals surface area contributed by atoms with Crippen LogP contribution < -0.4 is 9.62 Å². The lowest BCUT2D eigenvalue weighted by molar-refractivity contribution is -0.140. The number of nitrogens with one attached hydrogen (secondary N) is 1. The van der Waals surface area contributed by atoms with Gasteiger partial charge in [-0.25, -0.2) is 8.42 Å². The predicted octanol–water partition coefficient (Wildman–Crippen LogP) is 5.49. The summed E-state index contributed by atoms with van der Waals surface area (Å²) in [6.07, 6.45) is 1.12. The average molecular weight is 570 g/mol. The van der Waals surface area contributed by atoms with Crippen molar-refractivity contribution in [1.82, 2.24) is 10.2 Å². The molecule has 0 radical (unpaired) electrons. The van der Waals surface area contributed by atoms with Crippen molar-refractivity contribution in [2.24, 2.45) is 0 Å². The molecule has 0 aliphatic heterocycles. The fourth-order valence-electron chi connectivity index (χ4n) is 4.18. The molecule has 1 atom stereocenters. The molecule has 1 N–H and O–H groups in total. The van der Waals surface area contributed by atoms with E-state index in [0.717, 1.165) is 27.4 Å². The van der Waals surface area contributed by atoms with E-state index in [1.165, 1.54) is 17.0 Å². The minimum absolute atomic E-state index is 0.0404. The lowest BCUT2D eigenvalue weighted by Gasteiger charge is -2.33. The lowest BCUT2D eigenvalue weighted by atomic mass is 10.1. The first-order valence-corrected chi connectivity index (χ1v) is 14.9. The van der Waals surface area contributed by atoms with Gasteiger partial charge in [0, 0.05) is 13.1 Å². The molecule has 0 saturated heterocycles. The van der Waals surface area contributed by atoms with Gasteiger partial charge in [-0.2, -0.15) is 0 Å². The van der Waals surface area contributed by atoms with Crippen molar-refractivity contribution in [2.75, 3.05) is 17.4 Å². The highest BCUT2D eigenvalue weighted by molar-refractivity contribution is 7.92. The Morgan fingerprint density at radius 2 is 1.49 bits per heavy atom. The van der Waals surface area contributed by atoms with Crippen molar-refractivity contribution < 1.29 is 18.0 Å². The second kappa shape index (κ2) is 13.6. The number of benzene rings is 3. The fourth-order valence-corrected chi connectivity index (χ4v) is 5.90. The molecule has 0 bridgehead atoms. The normalized spacial score (nSPS) is 12.0. The summed E-state index contributed by atoms with van der Waals surface area (Å²) in [6, 6.07) is 19.8. The quantitative estimate of drug-likeness (QED) is 0.313. The van der Waals surface area contributed by atoms with Crippen LogP contribution in [0, 0.1) is 13.8 Å². The Balaban J connectivity index is 2.05. The second-order valence-corrected chi connectivity index (χ2v) is 11.8. The van der Waals surface area contributed by atoms with E-state index in [2.05, 4.69) is 5.32 Å². The molecule has 9 heteroatoms. The van der Waals surface area contributed by atoms with E-state index in [-0.39, 0.29) is 28.1 Å². The summed E-state index contributed by atoms with van der Waals surface area (Å²) in [7, 11) is -4.17.